The minimum atomic E-state index is 0.590. The molecule has 0 aliphatic heterocycles. The van der Waals surface area contributed by atoms with E-state index in [-0.39, 0.29) is 0 Å². The molecule has 0 N–H and O–H groups in total. The molecule has 0 aromatic heterocycles. The Bertz CT molecular complexity index is 314. The summed E-state index contributed by atoms with van der Waals surface area (Å²) in [5.41, 5.74) is 3.61. The van der Waals surface area contributed by atoms with Gasteiger partial charge in [0.15, 0.2) is 0 Å². The normalized spacial score (nSPS) is 18.9. The first-order chi connectivity index (χ1) is 7.72. The smallest absolute Gasteiger partial charge is 0.0225 e. The molecule has 0 spiro atoms. The van der Waals surface area contributed by atoms with Crippen LogP contribution in [0.3, 0.4) is 0 Å². The maximum atomic E-state index is 2.46. The lowest BCUT2D eigenvalue weighted by molar-refractivity contribution is 0.334. The molecular formula is C16H24. The van der Waals surface area contributed by atoms with Crippen LogP contribution in [0.5, 0.6) is 0 Å². The van der Waals surface area contributed by atoms with Crippen LogP contribution in [0.2, 0.25) is 0 Å². The number of hydrogen-bond acceptors (Lipinski definition) is 0. The molecule has 0 bridgehead atoms. The van der Waals surface area contributed by atoms with Gasteiger partial charge in [0.05, 0.1) is 0 Å². The molecule has 2 rings (SSSR count). The van der Waals surface area contributed by atoms with Crippen molar-refractivity contribution >= 4 is 0 Å². The molecule has 0 heterocycles. The second kappa shape index (κ2) is 5.03. The van der Waals surface area contributed by atoms with Gasteiger partial charge in [0.25, 0.3) is 0 Å². The van der Waals surface area contributed by atoms with E-state index < -0.39 is 0 Å². The van der Waals surface area contributed by atoms with Gasteiger partial charge >= 0.3 is 0 Å². The van der Waals surface area contributed by atoms with Gasteiger partial charge < -0.3 is 0 Å². The predicted octanol–water partition coefficient (Wildman–Crippen LogP) is 4.76. The molecule has 0 heteroatoms. The second-order valence-electron chi connectivity index (χ2n) is 5.76. The monoisotopic (exact) mass is 216 g/mol. The Labute approximate surface area is 100 Å². The van der Waals surface area contributed by atoms with Gasteiger partial charge in [0.1, 0.15) is 0 Å². The SMILES string of the molecule is CCCc1ccc(CC2(C)CCCC2)cc1. The molecular weight excluding hydrogens is 192 g/mol. The molecule has 0 atom stereocenters. The first-order valence-corrected chi connectivity index (χ1v) is 6.80. The van der Waals surface area contributed by atoms with Crippen LogP contribution in [0.1, 0.15) is 57.1 Å². The van der Waals surface area contributed by atoms with Crippen LogP contribution >= 0.6 is 0 Å². The van der Waals surface area contributed by atoms with Crippen molar-refractivity contribution in [3.05, 3.63) is 35.4 Å². The Morgan fingerprint density at radius 3 is 2.12 bits per heavy atom. The fourth-order valence-electron chi connectivity index (χ4n) is 3.01. The maximum absolute atomic E-state index is 2.46. The van der Waals surface area contributed by atoms with Gasteiger partial charge in [-0.3, -0.25) is 0 Å². The largest absolute Gasteiger partial charge is 0.0651 e. The van der Waals surface area contributed by atoms with Crippen molar-refractivity contribution in [3.63, 3.8) is 0 Å². The number of aryl methyl sites for hydroxylation is 1. The molecule has 1 fully saturated rings. The summed E-state index contributed by atoms with van der Waals surface area (Å²) in [6.45, 7) is 4.70. The van der Waals surface area contributed by atoms with Crippen molar-refractivity contribution in [1.29, 1.82) is 0 Å². The zero-order valence-electron chi connectivity index (χ0n) is 10.8. The minimum absolute atomic E-state index is 0.590. The van der Waals surface area contributed by atoms with Gasteiger partial charge in [0.2, 0.25) is 0 Å². The Morgan fingerprint density at radius 1 is 1.00 bits per heavy atom. The highest BCUT2D eigenvalue weighted by atomic mass is 14.3. The van der Waals surface area contributed by atoms with E-state index in [1.807, 2.05) is 0 Å². The predicted molar refractivity (Wildman–Crippen MR) is 70.7 cm³/mol. The van der Waals surface area contributed by atoms with E-state index in [9.17, 15) is 0 Å². The summed E-state index contributed by atoms with van der Waals surface area (Å²) in [6.07, 6.45) is 9.45. The molecule has 0 radical (unpaired) electrons. The molecule has 0 unspecified atom stereocenters. The average molecular weight is 216 g/mol. The van der Waals surface area contributed by atoms with E-state index in [1.54, 1.807) is 0 Å². The van der Waals surface area contributed by atoms with Gasteiger partial charge in [-0.05, 0) is 42.2 Å². The molecule has 16 heavy (non-hydrogen) atoms. The zero-order valence-corrected chi connectivity index (χ0v) is 10.8. The van der Waals surface area contributed by atoms with Gasteiger partial charge in [-0.2, -0.15) is 0 Å². The molecule has 1 aliphatic rings. The average Bonchev–Trinajstić information content (AvgIpc) is 2.68. The van der Waals surface area contributed by atoms with E-state index in [1.165, 1.54) is 56.1 Å². The molecule has 1 aromatic carbocycles. The van der Waals surface area contributed by atoms with Crippen LogP contribution in [0, 0.1) is 5.41 Å². The van der Waals surface area contributed by atoms with Crippen molar-refractivity contribution in [3.8, 4) is 0 Å². The quantitative estimate of drug-likeness (QED) is 0.680. The van der Waals surface area contributed by atoms with Crippen LogP contribution in [-0.2, 0) is 12.8 Å². The van der Waals surface area contributed by atoms with Crippen molar-refractivity contribution < 1.29 is 0 Å². The summed E-state index contributed by atoms with van der Waals surface area (Å²) in [4.78, 5) is 0. The van der Waals surface area contributed by atoms with Crippen molar-refractivity contribution in [2.75, 3.05) is 0 Å². The second-order valence-corrected chi connectivity index (χ2v) is 5.76. The van der Waals surface area contributed by atoms with Crippen molar-refractivity contribution in [2.24, 2.45) is 5.41 Å². The lowest BCUT2D eigenvalue weighted by Crippen LogP contribution is -2.14. The first kappa shape index (κ1) is 11.7. The van der Waals surface area contributed by atoms with E-state index in [2.05, 4.69) is 38.1 Å². The van der Waals surface area contributed by atoms with Gasteiger partial charge in [-0.1, -0.05) is 57.4 Å². The maximum Gasteiger partial charge on any atom is -0.0225 e. The molecule has 88 valence electrons. The van der Waals surface area contributed by atoms with Crippen LogP contribution in [0.4, 0.5) is 0 Å². The third kappa shape index (κ3) is 2.87. The number of benzene rings is 1. The molecule has 0 amide bonds. The fraction of sp³-hybridized carbons (Fsp3) is 0.625. The Morgan fingerprint density at radius 2 is 1.56 bits per heavy atom. The lowest BCUT2D eigenvalue weighted by atomic mass is 9.82. The first-order valence-electron chi connectivity index (χ1n) is 6.80. The summed E-state index contributed by atoms with van der Waals surface area (Å²) in [7, 11) is 0. The minimum Gasteiger partial charge on any atom is -0.0651 e. The Hall–Kier alpha value is -0.780. The summed E-state index contributed by atoms with van der Waals surface area (Å²) in [6, 6.07) is 9.32. The highest BCUT2D eigenvalue weighted by Crippen LogP contribution is 2.40. The van der Waals surface area contributed by atoms with Gasteiger partial charge in [-0.15, -0.1) is 0 Å². The number of rotatable bonds is 4. The number of hydrogen-bond donors (Lipinski definition) is 0. The molecule has 1 aliphatic carbocycles. The summed E-state index contributed by atoms with van der Waals surface area (Å²) < 4.78 is 0. The van der Waals surface area contributed by atoms with Crippen LogP contribution in [0.15, 0.2) is 24.3 Å². The highest BCUT2D eigenvalue weighted by Gasteiger charge is 2.28. The third-order valence-electron chi connectivity index (χ3n) is 4.00. The van der Waals surface area contributed by atoms with E-state index >= 15 is 0 Å². The van der Waals surface area contributed by atoms with Crippen molar-refractivity contribution in [1.82, 2.24) is 0 Å². The van der Waals surface area contributed by atoms with E-state index in [0.29, 0.717) is 5.41 Å². The van der Waals surface area contributed by atoms with Crippen LogP contribution in [-0.4, -0.2) is 0 Å². The van der Waals surface area contributed by atoms with Crippen LogP contribution in [0.25, 0.3) is 0 Å². The fourth-order valence-corrected chi connectivity index (χ4v) is 3.01. The van der Waals surface area contributed by atoms with E-state index in [0.717, 1.165) is 0 Å². The Balaban J connectivity index is 1.99. The lowest BCUT2D eigenvalue weighted by Gasteiger charge is -2.23. The third-order valence-corrected chi connectivity index (χ3v) is 4.00. The zero-order chi connectivity index (χ0) is 11.4. The van der Waals surface area contributed by atoms with E-state index in [4.69, 9.17) is 0 Å². The topological polar surface area (TPSA) is 0 Å². The standard InChI is InChI=1S/C16H24/c1-3-6-14-7-9-15(10-8-14)13-16(2)11-4-5-12-16/h7-10H,3-6,11-13H2,1-2H3. The molecule has 1 aromatic rings. The van der Waals surface area contributed by atoms with Crippen molar-refractivity contribution in [2.45, 2.75) is 58.8 Å². The summed E-state index contributed by atoms with van der Waals surface area (Å²) >= 11 is 0. The molecule has 0 saturated heterocycles. The highest BCUT2D eigenvalue weighted by molar-refractivity contribution is 5.23. The summed E-state index contributed by atoms with van der Waals surface area (Å²) in [5.74, 6) is 0. The van der Waals surface area contributed by atoms with Gasteiger partial charge in [0, 0.05) is 0 Å². The molecule has 0 nitrogen and oxygen atoms in total. The molecule has 1 saturated carbocycles. The Kier molecular flexibility index (Phi) is 3.68. The summed E-state index contributed by atoms with van der Waals surface area (Å²) in [5, 5.41) is 0. The van der Waals surface area contributed by atoms with Gasteiger partial charge in [-0.25, -0.2) is 0 Å². The van der Waals surface area contributed by atoms with Crippen LogP contribution < -0.4 is 0 Å².